The van der Waals surface area contributed by atoms with Crippen molar-refractivity contribution in [3.63, 3.8) is 0 Å². The first-order chi connectivity index (χ1) is 10.6. The zero-order valence-electron chi connectivity index (χ0n) is 12.7. The molecule has 22 heavy (non-hydrogen) atoms. The molecule has 0 aliphatic carbocycles. The topological polar surface area (TPSA) is 47.6 Å². The van der Waals surface area contributed by atoms with Gasteiger partial charge in [-0.25, -0.2) is 0 Å². The number of methoxy groups -OCH3 is 2. The molecule has 2 aromatic carbocycles. The van der Waals surface area contributed by atoms with Crippen LogP contribution in [0.25, 0.3) is 0 Å². The van der Waals surface area contributed by atoms with Crippen molar-refractivity contribution in [1.29, 1.82) is 0 Å². The lowest BCUT2D eigenvalue weighted by molar-refractivity contribution is 0.0938. The van der Waals surface area contributed by atoms with Crippen molar-refractivity contribution in [3.8, 4) is 11.5 Å². The van der Waals surface area contributed by atoms with E-state index >= 15 is 0 Å². The summed E-state index contributed by atoms with van der Waals surface area (Å²) >= 11 is 3.39. The minimum Gasteiger partial charge on any atom is -0.497 e. The van der Waals surface area contributed by atoms with E-state index in [1.807, 2.05) is 43.3 Å². The number of hydrogen-bond acceptors (Lipinski definition) is 3. The van der Waals surface area contributed by atoms with E-state index in [4.69, 9.17) is 9.47 Å². The number of ether oxygens (including phenoxy) is 2. The fourth-order valence-corrected chi connectivity index (χ4v) is 2.64. The summed E-state index contributed by atoms with van der Waals surface area (Å²) in [5, 5.41) is 2.97. The Morgan fingerprint density at radius 2 is 1.86 bits per heavy atom. The van der Waals surface area contributed by atoms with Gasteiger partial charge in [-0.2, -0.15) is 0 Å². The molecule has 5 heteroatoms. The van der Waals surface area contributed by atoms with E-state index in [0.717, 1.165) is 15.8 Å². The van der Waals surface area contributed by atoms with Gasteiger partial charge in [-0.05, 0) is 53.2 Å². The van der Waals surface area contributed by atoms with Crippen molar-refractivity contribution in [3.05, 3.63) is 58.1 Å². The fourth-order valence-electron chi connectivity index (χ4n) is 2.18. The number of carbonyl (C=O) groups is 1. The number of hydrogen-bond donors (Lipinski definition) is 1. The highest BCUT2D eigenvalue weighted by molar-refractivity contribution is 9.10. The van der Waals surface area contributed by atoms with E-state index in [0.29, 0.717) is 11.3 Å². The van der Waals surface area contributed by atoms with Crippen molar-refractivity contribution in [1.82, 2.24) is 5.32 Å². The van der Waals surface area contributed by atoms with Crippen LogP contribution in [0.15, 0.2) is 46.9 Å². The lowest BCUT2D eigenvalue weighted by Crippen LogP contribution is -2.27. The highest BCUT2D eigenvalue weighted by Gasteiger charge is 2.17. The molecule has 0 heterocycles. The lowest BCUT2D eigenvalue weighted by atomic mass is 10.1. The van der Waals surface area contributed by atoms with Crippen LogP contribution < -0.4 is 14.8 Å². The second-order valence-electron chi connectivity index (χ2n) is 4.78. The first kappa shape index (κ1) is 16.4. The number of halogens is 1. The van der Waals surface area contributed by atoms with Gasteiger partial charge in [-0.3, -0.25) is 4.79 Å². The molecule has 2 aromatic rings. The second-order valence-corrected chi connectivity index (χ2v) is 5.64. The molecule has 0 unspecified atom stereocenters. The number of rotatable bonds is 5. The Morgan fingerprint density at radius 1 is 1.14 bits per heavy atom. The Balaban J connectivity index is 2.23. The maximum Gasteiger partial charge on any atom is 0.252 e. The first-order valence-electron chi connectivity index (χ1n) is 6.84. The number of carbonyl (C=O) groups excluding carboxylic acids is 1. The predicted octanol–water partition coefficient (Wildman–Crippen LogP) is 3.96. The van der Waals surface area contributed by atoms with Crippen LogP contribution in [-0.2, 0) is 0 Å². The molecule has 0 bridgehead atoms. The quantitative estimate of drug-likeness (QED) is 0.874. The van der Waals surface area contributed by atoms with Gasteiger partial charge in [-0.15, -0.1) is 0 Å². The van der Waals surface area contributed by atoms with Crippen LogP contribution in [0.2, 0.25) is 0 Å². The molecule has 1 N–H and O–H groups in total. The van der Waals surface area contributed by atoms with Crippen LogP contribution in [0.3, 0.4) is 0 Å². The highest BCUT2D eigenvalue weighted by Crippen LogP contribution is 2.29. The average Bonchev–Trinajstić information content (AvgIpc) is 2.54. The Hall–Kier alpha value is -2.01. The monoisotopic (exact) mass is 363 g/mol. The maximum atomic E-state index is 12.4. The van der Waals surface area contributed by atoms with E-state index in [-0.39, 0.29) is 11.9 Å². The molecule has 1 amide bonds. The standard InChI is InChI=1S/C17H18BrNO3/c1-11(14-10-12(21-2)8-9-16(14)22-3)19-17(20)13-6-4-5-7-15(13)18/h4-11H,1-3H3,(H,19,20)/t11-/m0/s1. The SMILES string of the molecule is COc1ccc(OC)c([C@H](C)NC(=O)c2ccccc2Br)c1. The van der Waals surface area contributed by atoms with Gasteiger partial charge in [0, 0.05) is 10.0 Å². The number of benzene rings is 2. The third-order valence-electron chi connectivity index (χ3n) is 3.37. The summed E-state index contributed by atoms with van der Waals surface area (Å²) < 4.78 is 11.4. The van der Waals surface area contributed by atoms with Gasteiger partial charge in [0.15, 0.2) is 0 Å². The van der Waals surface area contributed by atoms with Gasteiger partial charge in [-0.1, -0.05) is 12.1 Å². The van der Waals surface area contributed by atoms with Crippen LogP contribution >= 0.6 is 15.9 Å². The average molecular weight is 364 g/mol. The Bertz CT molecular complexity index is 673. The molecule has 2 rings (SSSR count). The summed E-state index contributed by atoms with van der Waals surface area (Å²) in [7, 11) is 3.21. The van der Waals surface area contributed by atoms with Gasteiger partial charge < -0.3 is 14.8 Å². The van der Waals surface area contributed by atoms with Crippen LogP contribution in [0.5, 0.6) is 11.5 Å². The van der Waals surface area contributed by atoms with Gasteiger partial charge >= 0.3 is 0 Å². The second kappa shape index (κ2) is 7.31. The molecule has 1 atom stereocenters. The fraction of sp³-hybridized carbons (Fsp3) is 0.235. The Morgan fingerprint density at radius 3 is 2.50 bits per heavy atom. The van der Waals surface area contributed by atoms with E-state index in [2.05, 4.69) is 21.2 Å². The summed E-state index contributed by atoms with van der Waals surface area (Å²) in [5.41, 5.74) is 1.46. The zero-order chi connectivity index (χ0) is 16.1. The molecular formula is C17H18BrNO3. The molecular weight excluding hydrogens is 346 g/mol. The smallest absolute Gasteiger partial charge is 0.252 e. The Kier molecular flexibility index (Phi) is 5.44. The van der Waals surface area contributed by atoms with Crippen molar-refractivity contribution in [2.75, 3.05) is 14.2 Å². The minimum atomic E-state index is -0.218. The van der Waals surface area contributed by atoms with E-state index in [1.54, 1.807) is 20.3 Å². The van der Waals surface area contributed by atoms with Crippen LogP contribution in [0, 0.1) is 0 Å². The molecule has 0 aliphatic rings. The summed E-state index contributed by atoms with van der Waals surface area (Å²) in [4.78, 5) is 12.4. The van der Waals surface area contributed by atoms with Crippen molar-refractivity contribution >= 4 is 21.8 Å². The van der Waals surface area contributed by atoms with Crippen LogP contribution in [0.4, 0.5) is 0 Å². The van der Waals surface area contributed by atoms with Crippen LogP contribution in [-0.4, -0.2) is 20.1 Å². The third-order valence-corrected chi connectivity index (χ3v) is 4.06. The highest BCUT2D eigenvalue weighted by atomic mass is 79.9. The summed E-state index contributed by atoms with van der Waals surface area (Å²) in [5.74, 6) is 1.28. The van der Waals surface area contributed by atoms with Crippen molar-refractivity contribution < 1.29 is 14.3 Å². The van der Waals surface area contributed by atoms with Gasteiger partial charge in [0.05, 0.1) is 25.8 Å². The first-order valence-corrected chi connectivity index (χ1v) is 7.63. The van der Waals surface area contributed by atoms with Crippen LogP contribution in [0.1, 0.15) is 28.9 Å². The molecule has 116 valence electrons. The van der Waals surface area contributed by atoms with E-state index in [9.17, 15) is 4.79 Å². The lowest BCUT2D eigenvalue weighted by Gasteiger charge is -2.18. The molecule has 0 spiro atoms. The summed E-state index contributed by atoms with van der Waals surface area (Å²) in [6.07, 6.45) is 0. The number of amides is 1. The number of nitrogens with one attached hydrogen (secondary N) is 1. The zero-order valence-corrected chi connectivity index (χ0v) is 14.3. The Labute approximate surface area is 138 Å². The van der Waals surface area contributed by atoms with Crippen molar-refractivity contribution in [2.45, 2.75) is 13.0 Å². The van der Waals surface area contributed by atoms with Gasteiger partial charge in [0.25, 0.3) is 5.91 Å². The third kappa shape index (κ3) is 3.60. The van der Waals surface area contributed by atoms with Crippen molar-refractivity contribution in [2.24, 2.45) is 0 Å². The molecule has 0 aromatic heterocycles. The predicted molar refractivity (Wildman–Crippen MR) is 89.6 cm³/mol. The molecule has 0 saturated carbocycles. The van der Waals surface area contributed by atoms with E-state index < -0.39 is 0 Å². The molecule has 0 saturated heterocycles. The molecule has 0 aliphatic heterocycles. The van der Waals surface area contributed by atoms with Gasteiger partial charge in [0.2, 0.25) is 0 Å². The maximum absolute atomic E-state index is 12.4. The van der Waals surface area contributed by atoms with Gasteiger partial charge in [0.1, 0.15) is 11.5 Å². The molecule has 0 radical (unpaired) electrons. The normalized spacial score (nSPS) is 11.6. The summed E-state index contributed by atoms with van der Waals surface area (Å²) in [6, 6.07) is 12.6. The summed E-state index contributed by atoms with van der Waals surface area (Å²) in [6.45, 7) is 1.91. The minimum absolute atomic E-state index is 0.148. The van der Waals surface area contributed by atoms with E-state index in [1.165, 1.54) is 0 Å². The largest absolute Gasteiger partial charge is 0.497 e. The molecule has 4 nitrogen and oxygen atoms in total. The molecule has 0 fully saturated rings.